The Bertz CT molecular complexity index is 397. The second kappa shape index (κ2) is 12.0. The summed E-state index contributed by atoms with van der Waals surface area (Å²) in [7, 11) is 0. The molecule has 0 aromatic heterocycles. The van der Waals surface area contributed by atoms with Crippen LogP contribution in [-0.4, -0.2) is 12.7 Å². The van der Waals surface area contributed by atoms with Crippen LogP contribution in [0.15, 0.2) is 0 Å². The predicted molar refractivity (Wildman–Crippen MR) is 110 cm³/mol. The van der Waals surface area contributed by atoms with Crippen LogP contribution >= 0.6 is 0 Å². The van der Waals surface area contributed by atoms with E-state index in [0.29, 0.717) is 12.0 Å². The van der Waals surface area contributed by atoms with Gasteiger partial charge >= 0.3 is 0 Å². The minimum atomic E-state index is -0.0135. The largest absolute Gasteiger partial charge is 0.378 e. The van der Waals surface area contributed by atoms with Crippen molar-refractivity contribution in [2.45, 2.75) is 123 Å². The van der Waals surface area contributed by atoms with Crippen LogP contribution in [0.2, 0.25) is 0 Å². The highest BCUT2D eigenvalue weighted by Crippen LogP contribution is 2.42. The average Bonchev–Trinajstić information content (AvgIpc) is 2.68. The molecule has 0 amide bonds. The molecule has 0 unspecified atom stereocenters. The van der Waals surface area contributed by atoms with Gasteiger partial charge in [-0.25, -0.2) is 0 Å². The Morgan fingerprint density at radius 3 is 2.15 bits per heavy atom. The molecule has 0 atom stereocenters. The van der Waals surface area contributed by atoms with Gasteiger partial charge in [-0.2, -0.15) is 5.26 Å². The normalized spacial score (nSPS) is 32.3. The molecule has 0 saturated heterocycles. The van der Waals surface area contributed by atoms with Crippen LogP contribution < -0.4 is 0 Å². The first kappa shape index (κ1) is 21.7. The smallest absolute Gasteiger partial charge is 0.0689 e. The van der Waals surface area contributed by atoms with E-state index in [9.17, 15) is 5.26 Å². The van der Waals surface area contributed by atoms with Gasteiger partial charge in [0.05, 0.1) is 17.6 Å². The molecule has 150 valence electrons. The van der Waals surface area contributed by atoms with Crippen molar-refractivity contribution in [1.82, 2.24) is 0 Å². The van der Waals surface area contributed by atoms with Gasteiger partial charge in [0.1, 0.15) is 0 Å². The fourth-order valence-corrected chi connectivity index (χ4v) is 5.19. The molecule has 0 radical (unpaired) electrons. The zero-order valence-corrected chi connectivity index (χ0v) is 17.6. The molecule has 2 fully saturated rings. The van der Waals surface area contributed by atoms with Gasteiger partial charge in [-0.05, 0) is 69.6 Å². The van der Waals surface area contributed by atoms with Crippen molar-refractivity contribution in [2.75, 3.05) is 6.61 Å². The Balaban J connectivity index is 1.55. The van der Waals surface area contributed by atoms with Crippen LogP contribution in [0.3, 0.4) is 0 Å². The SMILES string of the molecule is CCCCCCCC1CCC(OCC2CCC(C#N)(CCC)CC2)CC1. The molecule has 0 aliphatic heterocycles. The second-order valence-corrected chi connectivity index (χ2v) is 9.26. The summed E-state index contributed by atoms with van der Waals surface area (Å²) in [4.78, 5) is 0. The highest BCUT2D eigenvalue weighted by molar-refractivity contribution is 5.01. The Morgan fingerprint density at radius 1 is 0.846 bits per heavy atom. The number of rotatable bonds is 11. The summed E-state index contributed by atoms with van der Waals surface area (Å²) < 4.78 is 6.31. The maximum Gasteiger partial charge on any atom is 0.0689 e. The minimum absolute atomic E-state index is 0.0135. The fraction of sp³-hybridized carbons (Fsp3) is 0.958. The van der Waals surface area contributed by atoms with Crippen molar-refractivity contribution in [3.05, 3.63) is 0 Å². The van der Waals surface area contributed by atoms with Gasteiger partial charge in [0, 0.05) is 6.61 Å². The lowest BCUT2D eigenvalue weighted by Gasteiger charge is -2.36. The highest BCUT2D eigenvalue weighted by Gasteiger charge is 2.35. The number of unbranched alkanes of at least 4 members (excludes halogenated alkanes) is 4. The third-order valence-corrected chi connectivity index (χ3v) is 7.11. The summed E-state index contributed by atoms with van der Waals surface area (Å²) in [5.41, 5.74) is -0.0135. The molecule has 2 nitrogen and oxygen atoms in total. The molecule has 0 spiro atoms. The third kappa shape index (κ3) is 7.22. The molecular weight excluding hydrogens is 318 g/mol. The monoisotopic (exact) mass is 361 g/mol. The number of ether oxygens (including phenoxy) is 1. The summed E-state index contributed by atoms with van der Waals surface area (Å²) in [5, 5.41) is 9.54. The molecular formula is C24H43NO. The molecule has 0 aromatic rings. The second-order valence-electron chi connectivity index (χ2n) is 9.26. The minimum Gasteiger partial charge on any atom is -0.378 e. The van der Waals surface area contributed by atoms with E-state index in [-0.39, 0.29) is 5.41 Å². The Kier molecular flexibility index (Phi) is 10.1. The van der Waals surface area contributed by atoms with Crippen LogP contribution in [0.4, 0.5) is 0 Å². The first-order chi connectivity index (χ1) is 12.7. The molecule has 2 rings (SSSR count). The lowest BCUT2D eigenvalue weighted by Crippen LogP contribution is -2.30. The Labute approximate surface area is 163 Å². The van der Waals surface area contributed by atoms with Crippen molar-refractivity contribution >= 4 is 0 Å². The van der Waals surface area contributed by atoms with Crippen LogP contribution in [0.5, 0.6) is 0 Å². The maximum absolute atomic E-state index is 9.54. The number of hydrogen-bond donors (Lipinski definition) is 0. The van der Waals surface area contributed by atoms with Crippen molar-refractivity contribution < 1.29 is 4.74 Å². The molecule has 26 heavy (non-hydrogen) atoms. The molecule has 0 heterocycles. The van der Waals surface area contributed by atoms with E-state index < -0.39 is 0 Å². The van der Waals surface area contributed by atoms with Crippen molar-refractivity contribution in [1.29, 1.82) is 5.26 Å². The van der Waals surface area contributed by atoms with Crippen molar-refractivity contribution in [2.24, 2.45) is 17.3 Å². The van der Waals surface area contributed by atoms with Crippen molar-refractivity contribution in [3.8, 4) is 6.07 Å². The van der Waals surface area contributed by atoms with E-state index >= 15 is 0 Å². The van der Waals surface area contributed by atoms with Gasteiger partial charge in [-0.15, -0.1) is 0 Å². The quantitative estimate of drug-likeness (QED) is 0.359. The van der Waals surface area contributed by atoms with Gasteiger partial charge < -0.3 is 4.74 Å². The zero-order chi connectivity index (χ0) is 18.7. The first-order valence-electron chi connectivity index (χ1n) is 11.7. The van der Waals surface area contributed by atoms with Gasteiger partial charge in [-0.1, -0.05) is 58.8 Å². The fourth-order valence-electron chi connectivity index (χ4n) is 5.19. The van der Waals surface area contributed by atoms with E-state index in [4.69, 9.17) is 4.74 Å². The molecule has 2 heteroatoms. The van der Waals surface area contributed by atoms with E-state index in [0.717, 1.165) is 38.2 Å². The summed E-state index contributed by atoms with van der Waals surface area (Å²) in [6.07, 6.45) is 21.2. The van der Waals surface area contributed by atoms with E-state index in [1.807, 2.05) is 0 Å². The van der Waals surface area contributed by atoms with Gasteiger partial charge in [0.2, 0.25) is 0 Å². The molecule has 0 N–H and O–H groups in total. The van der Waals surface area contributed by atoms with Gasteiger partial charge in [0.25, 0.3) is 0 Å². The molecule has 0 aromatic carbocycles. The average molecular weight is 362 g/mol. The van der Waals surface area contributed by atoms with Crippen LogP contribution in [0.25, 0.3) is 0 Å². The van der Waals surface area contributed by atoms with Crippen LogP contribution in [0, 0.1) is 28.6 Å². The van der Waals surface area contributed by atoms with Crippen LogP contribution in [0.1, 0.15) is 117 Å². The predicted octanol–water partition coefficient (Wildman–Crippen LogP) is 7.42. The summed E-state index contributed by atoms with van der Waals surface area (Å²) >= 11 is 0. The lowest BCUT2D eigenvalue weighted by molar-refractivity contribution is -0.0134. The standard InChI is InChI=1S/C24H43NO/c1-3-5-6-7-8-9-21-10-12-23(13-11-21)26-19-22-14-17-24(20-25,16-4-2)18-15-22/h21-23H,3-19H2,1-2H3. The van der Waals surface area contributed by atoms with E-state index in [1.165, 1.54) is 77.0 Å². The Morgan fingerprint density at radius 2 is 1.54 bits per heavy atom. The molecule has 2 aliphatic rings. The third-order valence-electron chi connectivity index (χ3n) is 7.11. The van der Waals surface area contributed by atoms with Gasteiger partial charge in [-0.3, -0.25) is 0 Å². The summed E-state index contributed by atoms with van der Waals surface area (Å²) in [6.45, 7) is 5.44. The first-order valence-corrected chi connectivity index (χ1v) is 11.7. The topological polar surface area (TPSA) is 33.0 Å². The van der Waals surface area contributed by atoms with Crippen LogP contribution in [-0.2, 0) is 4.74 Å². The van der Waals surface area contributed by atoms with Gasteiger partial charge in [0.15, 0.2) is 0 Å². The maximum atomic E-state index is 9.54. The molecule has 0 bridgehead atoms. The van der Waals surface area contributed by atoms with Crippen molar-refractivity contribution in [3.63, 3.8) is 0 Å². The number of nitriles is 1. The summed E-state index contributed by atoms with van der Waals surface area (Å²) in [5.74, 6) is 1.67. The zero-order valence-electron chi connectivity index (χ0n) is 17.6. The van der Waals surface area contributed by atoms with E-state index in [1.54, 1.807) is 0 Å². The number of hydrogen-bond acceptors (Lipinski definition) is 2. The van der Waals surface area contributed by atoms with E-state index in [2.05, 4.69) is 19.9 Å². The summed E-state index contributed by atoms with van der Waals surface area (Å²) in [6, 6.07) is 2.64. The molecule has 2 aliphatic carbocycles. The Hall–Kier alpha value is -0.550. The highest BCUT2D eigenvalue weighted by atomic mass is 16.5. The molecule has 2 saturated carbocycles. The number of nitrogens with zero attached hydrogens (tertiary/aromatic N) is 1. The lowest BCUT2D eigenvalue weighted by atomic mass is 9.69.